The summed E-state index contributed by atoms with van der Waals surface area (Å²) in [6.45, 7) is 4.05. The van der Waals surface area contributed by atoms with Crippen molar-refractivity contribution in [2.75, 3.05) is 6.61 Å². The minimum atomic E-state index is -0.182. The summed E-state index contributed by atoms with van der Waals surface area (Å²) in [7, 11) is 0. The number of hydrogen-bond acceptors (Lipinski definition) is 6. The second kappa shape index (κ2) is 12.2. The monoisotopic (exact) mass is 533 g/mol. The molecule has 0 amide bonds. The van der Waals surface area contributed by atoms with Crippen molar-refractivity contribution in [2.24, 2.45) is 0 Å². The van der Waals surface area contributed by atoms with Gasteiger partial charge in [0.2, 0.25) is 0 Å². The maximum Gasteiger partial charge on any atom is 0.167 e. The number of imidazole rings is 1. The van der Waals surface area contributed by atoms with E-state index >= 15 is 0 Å². The van der Waals surface area contributed by atoms with E-state index in [1.54, 1.807) is 12.4 Å². The van der Waals surface area contributed by atoms with Gasteiger partial charge < -0.3 is 18.6 Å². The van der Waals surface area contributed by atoms with Crippen LogP contribution in [0.5, 0.6) is 0 Å². The summed E-state index contributed by atoms with van der Waals surface area (Å²) in [5.41, 5.74) is 4.85. The third-order valence-corrected chi connectivity index (χ3v) is 6.87. The molecule has 8 nitrogen and oxygen atoms in total. The Labute approximate surface area is 233 Å². The molecule has 2 atom stereocenters. The molecular formula is C32H31N5O3. The summed E-state index contributed by atoms with van der Waals surface area (Å²) in [6, 6.07) is 20.1. The molecule has 1 saturated heterocycles. The van der Waals surface area contributed by atoms with E-state index in [9.17, 15) is 0 Å². The van der Waals surface area contributed by atoms with E-state index in [-0.39, 0.29) is 12.4 Å². The highest BCUT2D eigenvalue weighted by Crippen LogP contribution is 2.25. The highest BCUT2D eigenvalue weighted by molar-refractivity contribution is 5.59. The number of ether oxygens (including phenoxy) is 2. The highest BCUT2D eigenvalue weighted by atomic mass is 16.7. The molecule has 1 aliphatic rings. The fourth-order valence-electron chi connectivity index (χ4n) is 4.75. The lowest BCUT2D eigenvalue weighted by Crippen LogP contribution is -2.24. The van der Waals surface area contributed by atoms with Crippen molar-refractivity contribution in [3.05, 3.63) is 114 Å². The van der Waals surface area contributed by atoms with E-state index in [2.05, 4.69) is 39.2 Å². The van der Waals surface area contributed by atoms with Crippen molar-refractivity contribution < 1.29 is 14.0 Å². The zero-order chi connectivity index (χ0) is 27.1. The van der Waals surface area contributed by atoms with E-state index in [1.807, 2.05) is 77.1 Å². The second-order valence-electron chi connectivity index (χ2n) is 9.90. The summed E-state index contributed by atoms with van der Waals surface area (Å²) in [4.78, 5) is 4.52. The van der Waals surface area contributed by atoms with Crippen molar-refractivity contribution in [1.82, 2.24) is 24.5 Å². The normalized spacial score (nSPS) is 15.9. The van der Waals surface area contributed by atoms with Gasteiger partial charge in [-0.05, 0) is 74.2 Å². The van der Waals surface area contributed by atoms with Crippen LogP contribution in [0.15, 0.2) is 90.0 Å². The van der Waals surface area contributed by atoms with Crippen molar-refractivity contribution in [3.8, 4) is 23.2 Å². The van der Waals surface area contributed by atoms with Crippen LogP contribution in [-0.2, 0) is 22.6 Å². The molecule has 1 aliphatic heterocycles. The van der Waals surface area contributed by atoms with Crippen molar-refractivity contribution in [2.45, 2.75) is 51.7 Å². The van der Waals surface area contributed by atoms with E-state index in [4.69, 9.17) is 14.0 Å². The first-order valence-corrected chi connectivity index (χ1v) is 13.6. The van der Waals surface area contributed by atoms with Gasteiger partial charge in [-0.2, -0.15) is 5.10 Å². The van der Waals surface area contributed by atoms with Gasteiger partial charge in [0.1, 0.15) is 17.6 Å². The zero-order valence-corrected chi connectivity index (χ0v) is 22.4. The molecule has 0 bridgehead atoms. The fraction of sp³-hybridized carbons (Fsp3) is 0.281. The molecule has 0 spiro atoms. The molecule has 0 saturated carbocycles. The Balaban J connectivity index is 1.06. The van der Waals surface area contributed by atoms with Crippen LogP contribution < -0.4 is 0 Å². The van der Waals surface area contributed by atoms with Crippen LogP contribution in [0.4, 0.5) is 0 Å². The molecule has 40 heavy (non-hydrogen) atoms. The molecule has 8 heteroatoms. The van der Waals surface area contributed by atoms with Crippen LogP contribution in [0.25, 0.3) is 11.3 Å². The Morgan fingerprint density at radius 1 is 0.975 bits per heavy atom. The molecule has 1 fully saturated rings. The van der Waals surface area contributed by atoms with Crippen molar-refractivity contribution >= 4 is 0 Å². The van der Waals surface area contributed by atoms with Gasteiger partial charge in [0.25, 0.3) is 0 Å². The van der Waals surface area contributed by atoms with Crippen LogP contribution in [0.2, 0.25) is 0 Å². The van der Waals surface area contributed by atoms with Gasteiger partial charge >= 0.3 is 0 Å². The Bertz CT molecular complexity index is 1570. The van der Waals surface area contributed by atoms with E-state index in [0.29, 0.717) is 12.3 Å². The summed E-state index contributed by atoms with van der Waals surface area (Å²) < 4.78 is 21.4. The molecule has 2 aromatic carbocycles. The quantitative estimate of drug-likeness (QED) is 0.233. The van der Waals surface area contributed by atoms with Crippen LogP contribution in [-0.4, -0.2) is 37.4 Å². The number of aromatic nitrogens is 5. The van der Waals surface area contributed by atoms with Gasteiger partial charge in [0.05, 0.1) is 13.1 Å². The lowest BCUT2D eigenvalue weighted by atomic mass is 10.1. The standard InChI is InChI=1S/C32H31N5O3/c1-24(39-31-5-2-3-20-38-31)32-33-17-19-36(32)23-29-21-30(40-35-29)28-14-12-26(13-15-28)7-6-25-8-10-27(11-9-25)22-37-18-4-16-34-37/h4,8-19,21,24,31H,2-3,5,20,22-23H2,1H3/t24-,31?/m0/s1. The number of nitrogens with zero attached hydrogens (tertiary/aromatic N) is 5. The molecule has 0 aliphatic carbocycles. The molecule has 3 aromatic heterocycles. The van der Waals surface area contributed by atoms with Crippen LogP contribution in [0, 0.1) is 11.8 Å². The minimum absolute atomic E-state index is 0.168. The fourth-order valence-corrected chi connectivity index (χ4v) is 4.75. The Morgan fingerprint density at radius 2 is 1.77 bits per heavy atom. The van der Waals surface area contributed by atoms with Crippen LogP contribution in [0.1, 0.15) is 60.5 Å². The maximum atomic E-state index is 6.11. The second-order valence-corrected chi connectivity index (χ2v) is 9.90. The average Bonchev–Trinajstić information content (AvgIpc) is 3.77. The smallest absolute Gasteiger partial charge is 0.167 e. The first-order valence-electron chi connectivity index (χ1n) is 13.6. The Morgan fingerprint density at radius 3 is 2.50 bits per heavy atom. The molecule has 0 N–H and O–H groups in total. The van der Waals surface area contributed by atoms with E-state index in [1.165, 1.54) is 5.56 Å². The molecule has 4 heterocycles. The van der Waals surface area contributed by atoms with Crippen molar-refractivity contribution in [3.63, 3.8) is 0 Å². The van der Waals surface area contributed by atoms with Crippen LogP contribution >= 0.6 is 0 Å². The predicted molar refractivity (Wildman–Crippen MR) is 150 cm³/mol. The van der Waals surface area contributed by atoms with Gasteiger partial charge in [-0.3, -0.25) is 4.68 Å². The highest BCUT2D eigenvalue weighted by Gasteiger charge is 2.21. The first-order chi connectivity index (χ1) is 19.7. The minimum Gasteiger partial charge on any atom is -0.356 e. The van der Waals surface area contributed by atoms with Crippen LogP contribution in [0.3, 0.4) is 0 Å². The summed E-state index contributed by atoms with van der Waals surface area (Å²) in [5.74, 6) is 8.03. The average molecular weight is 534 g/mol. The first kappa shape index (κ1) is 25.8. The predicted octanol–water partition coefficient (Wildman–Crippen LogP) is 5.84. The SMILES string of the molecule is C[C@H](OC1CCCCO1)c1nccn1Cc1cc(-c2ccc(C#Cc3ccc(Cn4cccn4)cc3)cc2)on1. The van der Waals surface area contributed by atoms with E-state index in [0.717, 1.165) is 60.6 Å². The van der Waals surface area contributed by atoms with Crippen molar-refractivity contribution in [1.29, 1.82) is 0 Å². The topological polar surface area (TPSA) is 80.1 Å². The molecule has 0 radical (unpaired) electrons. The molecule has 5 aromatic rings. The molecule has 6 rings (SSSR count). The van der Waals surface area contributed by atoms with Gasteiger partial charge in [-0.1, -0.05) is 29.1 Å². The summed E-state index contributed by atoms with van der Waals surface area (Å²) in [6.07, 6.45) is 10.3. The Hall–Kier alpha value is -4.45. The third kappa shape index (κ3) is 6.40. The lowest BCUT2D eigenvalue weighted by molar-refractivity contribution is -0.188. The van der Waals surface area contributed by atoms with Gasteiger partial charge in [0, 0.05) is 54.2 Å². The molecule has 1 unspecified atom stereocenters. The maximum absolute atomic E-state index is 6.11. The van der Waals surface area contributed by atoms with Gasteiger partial charge in [-0.15, -0.1) is 0 Å². The molecular weight excluding hydrogens is 502 g/mol. The number of hydrogen-bond donors (Lipinski definition) is 0. The third-order valence-electron chi connectivity index (χ3n) is 6.87. The summed E-state index contributed by atoms with van der Waals surface area (Å²) in [5, 5.41) is 8.54. The molecule has 202 valence electrons. The lowest BCUT2D eigenvalue weighted by Gasteiger charge is -2.26. The van der Waals surface area contributed by atoms with E-state index < -0.39 is 0 Å². The largest absolute Gasteiger partial charge is 0.356 e. The van der Waals surface area contributed by atoms with Gasteiger partial charge in [-0.25, -0.2) is 4.98 Å². The summed E-state index contributed by atoms with van der Waals surface area (Å²) >= 11 is 0. The van der Waals surface area contributed by atoms with Gasteiger partial charge in [0.15, 0.2) is 12.1 Å². The number of benzene rings is 2. The zero-order valence-electron chi connectivity index (χ0n) is 22.4. The number of rotatable bonds is 8. The Kier molecular flexibility index (Phi) is 7.85.